The molecule has 226 valence electrons. The SMILES string of the molecule is O=C(CC1Cc2cc(Cl)c3[nH]ncc3c2CN(Cc2ccncc2)C1=O)N1CCC(N2Cc3cccc(F)c3NC2=O)CC1. The Bertz CT molecular complexity index is 1760. The number of carbonyl (C=O) groups excluding carboxylic acids is 3. The van der Waals surface area contributed by atoms with Gasteiger partial charge in [-0.15, -0.1) is 0 Å². The van der Waals surface area contributed by atoms with Gasteiger partial charge in [0.25, 0.3) is 0 Å². The van der Waals surface area contributed by atoms with E-state index in [9.17, 15) is 18.8 Å². The van der Waals surface area contributed by atoms with Crippen LogP contribution in [0.25, 0.3) is 10.9 Å². The van der Waals surface area contributed by atoms with Gasteiger partial charge in [0.1, 0.15) is 5.82 Å². The van der Waals surface area contributed by atoms with E-state index in [1.165, 1.54) is 6.07 Å². The number of halogens is 2. The minimum absolute atomic E-state index is 0.0720. The number of amides is 4. The highest BCUT2D eigenvalue weighted by Gasteiger charge is 2.37. The summed E-state index contributed by atoms with van der Waals surface area (Å²) < 4.78 is 14.2. The number of rotatable bonds is 5. The van der Waals surface area contributed by atoms with Crippen LogP contribution in [-0.4, -0.2) is 66.9 Å². The van der Waals surface area contributed by atoms with E-state index in [-0.39, 0.29) is 36.0 Å². The van der Waals surface area contributed by atoms with Crippen LogP contribution in [0.5, 0.6) is 0 Å². The van der Waals surface area contributed by atoms with E-state index < -0.39 is 11.7 Å². The highest BCUT2D eigenvalue weighted by atomic mass is 35.5. The maximum Gasteiger partial charge on any atom is 0.322 e. The molecule has 4 aromatic rings. The number of anilines is 1. The van der Waals surface area contributed by atoms with Crippen molar-refractivity contribution in [1.82, 2.24) is 29.9 Å². The van der Waals surface area contributed by atoms with Crippen LogP contribution in [0.1, 0.15) is 41.5 Å². The second-order valence-electron chi connectivity index (χ2n) is 11.8. The molecule has 10 nitrogen and oxygen atoms in total. The van der Waals surface area contributed by atoms with Crippen LogP contribution in [0.2, 0.25) is 5.02 Å². The number of aromatic amines is 1. The summed E-state index contributed by atoms with van der Waals surface area (Å²) in [4.78, 5) is 49.9. The van der Waals surface area contributed by atoms with Crippen LogP contribution in [-0.2, 0) is 35.6 Å². The quantitative estimate of drug-likeness (QED) is 0.332. The number of carbonyl (C=O) groups is 3. The molecule has 2 aromatic carbocycles. The number of H-pyrrole nitrogens is 1. The molecule has 4 amide bonds. The normalized spacial score (nSPS) is 19.0. The Morgan fingerprint density at radius 1 is 1.07 bits per heavy atom. The molecule has 1 atom stereocenters. The molecule has 1 saturated heterocycles. The highest BCUT2D eigenvalue weighted by molar-refractivity contribution is 6.35. The van der Waals surface area contributed by atoms with Crippen molar-refractivity contribution >= 4 is 46.0 Å². The van der Waals surface area contributed by atoms with Crippen molar-refractivity contribution in [2.24, 2.45) is 5.92 Å². The number of fused-ring (bicyclic) bond motifs is 4. The number of likely N-dealkylation sites (tertiary alicyclic amines) is 1. The van der Waals surface area contributed by atoms with E-state index >= 15 is 0 Å². The summed E-state index contributed by atoms with van der Waals surface area (Å²) in [6.07, 6.45) is 6.83. The predicted molar refractivity (Wildman–Crippen MR) is 162 cm³/mol. The first-order chi connectivity index (χ1) is 21.4. The van der Waals surface area contributed by atoms with Gasteiger partial charge in [-0.25, -0.2) is 9.18 Å². The lowest BCUT2D eigenvalue weighted by molar-refractivity contribution is -0.142. The first-order valence-corrected chi connectivity index (χ1v) is 15.2. The summed E-state index contributed by atoms with van der Waals surface area (Å²) >= 11 is 6.59. The molecule has 1 fully saturated rings. The minimum Gasteiger partial charge on any atom is -0.343 e. The molecule has 2 aromatic heterocycles. The molecule has 0 spiro atoms. The summed E-state index contributed by atoms with van der Waals surface area (Å²) in [6.45, 7) is 2.05. The lowest BCUT2D eigenvalue weighted by Gasteiger charge is -2.40. The Hall–Kier alpha value is -4.51. The van der Waals surface area contributed by atoms with Crippen molar-refractivity contribution in [3.8, 4) is 0 Å². The van der Waals surface area contributed by atoms with Gasteiger partial charge in [-0.05, 0) is 65.8 Å². The number of nitrogens with one attached hydrogen (secondary N) is 2. The van der Waals surface area contributed by atoms with Gasteiger partial charge >= 0.3 is 6.03 Å². The van der Waals surface area contributed by atoms with E-state index in [4.69, 9.17) is 11.6 Å². The Labute approximate surface area is 258 Å². The number of piperidine rings is 1. The van der Waals surface area contributed by atoms with Crippen LogP contribution in [0, 0.1) is 11.7 Å². The molecular weight excluding hydrogens is 585 g/mol. The Morgan fingerprint density at radius 3 is 2.66 bits per heavy atom. The van der Waals surface area contributed by atoms with E-state index in [0.29, 0.717) is 57.0 Å². The maximum atomic E-state index is 14.2. The zero-order valence-electron chi connectivity index (χ0n) is 23.9. The van der Waals surface area contributed by atoms with Gasteiger partial charge in [-0.3, -0.25) is 19.7 Å². The van der Waals surface area contributed by atoms with E-state index in [0.717, 1.165) is 33.2 Å². The zero-order chi connectivity index (χ0) is 30.4. The van der Waals surface area contributed by atoms with Crippen LogP contribution in [0.15, 0.2) is 55.0 Å². The second kappa shape index (κ2) is 11.5. The summed E-state index contributed by atoms with van der Waals surface area (Å²) in [5.74, 6) is -1.16. The molecule has 3 aliphatic rings. The Kier molecular flexibility index (Phi) is 7.41. The van der Waals surface area contributed by atoms with E-state index in [1.54, 1.807) is 39.4 Å². The third-order valence-corrected chi connectivity index (χ3v) is 9.40. The van der Waals surface area contributed by atoms with E-state index in [2.05, 4.69) is 20.5 Å². The van der Waals surface area contributed by atoms with Crippen molar-refractivity contribution in [3.05, 3.63) is 88.1 Å². The first kappa shape index (κ1) is 28.3. The summed E-state index contributed by atoms with van der Waals surface area (Å²) in [6, 6.07) is 10.1. The van der Waals surface area contributed by atoms with Crippen molar-refractivity contribution in [3.63, 3.8) is 0 Å². The zero-order valence-corrected chi connectivity index (χ0v) is 24.7. The fourth-order valence-corrected chi connectivity index (χ4v) is 7.04. The molecular formula is C32H31ClFN7O3. The van der Waals surface area contributed by atoms with Gasteiger partial charge in [0.05, 0.1) is 28.3 Å². The number of urea groups is 1. The third-order valence-electron chi connectivity index (χ3n) is 9.10. The summed E-state index contributed by atoms with van der Waals surface area (Å²) in [5.41, 5.74) is 4.59. The first-order valence-electron chi connectivity index (χ1n) is 14.8. The maximum absolute atomic E-state index is 14.2. The van der Waals surface area contributed by atoms with Gasteiger partial charge in [-0.1, -0.05) is 23.7 Å². The molecule has 5 heterocycles. The van der Waals surface area contributed by atoms with Crippen molar-refractivity contribution in [2.75, 3.05) is 18.4 Å². The fraction of sp³-hybridized carbons (Fsp3) is 0.344. The van der Waals surface area contributed by atoms with Crippen molar-refractivity contribution < 1.29 is 18.8 Å². The van der Waals surface area contributed by atoms with Gasteiger partial charge in [0, 0.05) is 63.0 Å². The molecule has 0 radical (unpaired) electrons. The van der Waals surface area contributed by atoms with Crippen molar-refractivity contribution in [2.45, 2.75) is 51.4 Å². The standard InChI is InChI=1S/C32H31ClFN7O3/c33-26-13-21-12-22(31(43)40(16-19-4-8-35-9-5-19)18-25(21)24-15-36-38-30(24)26)14-28(42)39-10-6-23(7-11-39)41-17-20-2-1-3-27(34)29(20)37-32(41)44/h1-5,8-9,13,15,22-23H,6-7,10-12,14,16-18H2,(H,36,38)(H,37,44). The fourth-order valence-electron chi connectivity index (χ4n) is 6.77. The number of pyridine rings is 1. The molecule has 0 bridgehead atoms. The van der Waals surface area contributed by atoms with Crippen LogP contribution < -0.4 is 5.32 Å². The molecule has 3 aliphatic heterocycles. The minimum atomic E-state index is -0.553. The third kappa shape index (κ3) is 5.25. The Balaban J connectivity index is 1.07. The lowest BCUT2D eigenvalue weighted by atomic mass is 9.92. The van der Waals surface area contributed by atoms with Gasteiger partial charge in [0.2, 0.25) is 11.8 Å². The number of aromatic nitrogens is 3. The van der Waals surface area contributed by atoms with Gasteiger partial charge in [-0.2, -0.15) is 5.10 Å². The van der Waals surface area contributed by atoms with Gasteiger partial charge < -0.3 is 20.0 Å². The molecule has 0 saturated carbocycles. The van der Waals surface area contributed by atoms with E-state index in [1.807, 2.05) is 24.3 Å². The predicted octanol–water partition coefficient (Wildman–Crippen LogP) is 4.88. The largest absolute Gasteiger partial charge is 0.343 e. The van der Waals surface area contributed by atoms with Crippen molar-refractivity contribution in [1.29, 1.82) is 0 Å². The monoisotopic (exact) mass is 615 g/mol. The summed E-state index contributed by atoms with van der Waals surface area (Å²) in [7, 11) is 0. The van der Waals surface area contributed by atoms with Crippen LogP contribution in [0.3, 0.4) is 0 Å². The molecule has 7 rings (SSSR count). The second-order valence-corrected chi connectivity index (χ2v) is 12.2. The summed E-state index contributed by atoms with van der Waals surface area (Å²) in [5, 5.41) is 11.2. The van der Waals surface area contributed by atoms with Crippen LogP contribution in [0.4, 0.5) is 14.9 Å². The molecule has 2 N–H and O–H groups in total. The number of para-hydroxylation sites is 1. The average Bonchev–Trinajstić information content (AvgIpc) is 3.49. The topological polar surface area (TPSA) is 115 Å². The molecule has 12 heteroatoms. The Morgan fingerprint density at radius 2 is 1.86 bits per heavy atom. The number of benzene rings is 2. The number of hydrogen-bond donors (Lipinski definition) is 2. The molecule has 1 unspecified atom stereocenters. The molecule has 0 aliphatic carbocycles. The highest BCUT2D eigenvalue weighted by Crippen LogP contribution is 2.35. The lowest BCUT2D eigenvalue weighted by Crippen LogP contribution is -2.51. The van der Waals surface area contributed by atoms with Crippen LogP contribution >= 0.6 is 11.6 Å². The number of hydrogen-bond acceptors (Lipinski definition) is 5. The number of nitrogens with zero attached hydrogens (tertiary/aromatic N) is 5. The smallest absolute Gasteiger partial charge is 0.322 e. The van der Waals surface area contributed by atoms with Gasteiger partial charge in [0.15, 0.2) is 0 Å². The average molecular weight is 616 g/mol. The molecule has 44 heavy (non-hydrogen) atoms.